The second-order valence-electron chi connectivity index (χ2n) is 3.86. The molecule has 18 heavy (non-hydrogen) atoms. The lowest BCUT2D eigenvalue weighted by atomic mass is 10.1. The van der Waals surface area contributed by atoms with E-state index in [9.17, 15) is 9.18 Å². The van der Waals surface area contributed by atoms with Crippen molar-refractivity contribution in [2.75, 3.05) is 6.54 Å². The van der Waals surface area contributed by atoms with Gasteiger partial charge in [0.05, 0.1) is 12.5 Å². The first-order chi connectivity index (χ1) is 8.63. The van der Waals surface area contributed by atoms with Crippen molar-refractivity contribution in [3.05, 3.63) is 41.2 Å². The number of amides is 1. The highest BCUT2D eigenvalue weighted by molar-refractivity contribution is 5.72. The van der Waals surface area contributed by atoms with Gasteiger partial charge in [-0.2, -0.15) is 5.26 Å². The number of nitriles is 1. The third kappa shape index (κ3) is 4.79. The van der Waals surface area contributed by atoms with E-state index >= 15 is 0 Å². The molecule has 0 fully saturated rings. The molecule has 0 aliphatic heterocycles. The maximum absolute atomic E-state index is 13.4. The third-order valence-corrected chi connectivity index (χ3v) is 2.33. The van der Waals surface area contributed by atoms with Crippen molar-refractivity contribution < 1.29 is 9.18 Å². The van der Waals surface area contributed by atoms with Crippen LogP contribution in [-0.2, 0) is 11.2 Å². The van der Waals surface area contributed by atoms with Gasteiger partial charge < -0.3 is 5.32 Å². The minimum Gasteiger partial charge on any atom is -0.356 e. The average molecular weight is 246 g/mol. The summed E-state index contributed by atoms with van der Waals surface area (Å²) < 4.78 is 13.4. The Kier molecular flexibility index (Phi) is 5.59. The molecule has 0 saturated heterocycles. The van der Waals surface area contributed by atoms with Crippen molar-refractivity contribution in [2.24, 2.45) is 0 Å². The molecule has 4 heteroatoms. The second-order valence-corrected chi connectivity index (χ2v) is 3.86. The Bertz CT molecular complexity index is 489. The van der Waals surface area contributed by atoms with Crippen molar-refractivity contribution in [1.29, 1.82) is 5.26 Å². The van der Waals surface area contributed by atoms with E-state index in [4.69, 9.17) is 5.26 Å². The number of halogens is 1. The predicted octanol–water partition coefficient (Wildman–Crippen LogP) is 2.43. The van der Waals surface area contributed by atoms with Crippen LogP contribution in [0, 0.1) is 17.1 Å². The standard InChI is InChI=1S/C14H15FN2O/c1-11(18)17-9-3-2-4-13-10-12(7-8-16)5-6-14(13)15/h2,4-6,10H,3,7,9H2,1H3,(H,17,18). The van der Waals surface area contributed by atoms with E-state index in [1.54, 1.807) is 24.3 Å². The van der Waals surface area contributed by atoms with Crippen LogP contribution in [0.1, 0.15) is 24.5 Å². The van der Waals surface area contributed by atoms with Crippen LogP contribution in [0.3, 0.4) is 0 Å². The molecule has 1 aromatic rings. The van der Waals surface area contributed by atoms with Gasteiger partial charge >= 0.3 is 0 Å². The zero-order valence-electron chi connectivity index (χ0n) is 10.2. The van der Waals surface area contributed by atoms with E-state index in [0.29, 0.717) is 18.5 Å². The van der Waals surface area contributed by atoms with Crippen molar-refractivity contribution in [3.63, 3.8) is 0 Å². The highest BCUT2D eigenvalue weighted by Gasteiger charge is 2.00. The second kappa shape index (κ2) is 7.23. The molecule has 1 rings (SSSR count). The maximum atomic E-state index is 13.4. The van der Waals surface area contributed by atoms with Crippen LogP contribution in [0.5, 0.6) is 0 Å². The summed E-state index contributed by atoms with van der Waals surface area (Å²) >= 11 is 0. The van der Waals surface area contributed by atoms with Crippen LogP contribution in [0.25, 0.3) is 6.08 Å². The predicted molar refractivity (Wildman–Crippen MR) is 68.1 cm³/mol. The minimum atomic E-state index is -0.313. The number of rotatable bonds is 5. The highest BCUT2D eigenvalue weighted by Crippen LogP contribution is 2.13. The number of carbonyl (C=O) groups excluding carboxylic acids is 1. The van der Waals surface area contributed by atoms with Gasteiger partial charge in [0, 0.05) is 19.0 Å². The van der Waals surface area contributed by atoms with E-state index in [0.717, 1.165) is 5.56 Å². The molecule has 0 saturated carbocycles. The quantitative estimate of drug-likeness (QED) is 0.811. The monoisotopic (exact) mass is 246 g/mol. The van der Waals surface area contributed by atoms with Crippen LogP contribution >= 0.6 is 0 Å². The van der Waals surface area contributed by atoms with Crippen molar-refractivity contribution in [3.8, 4) is 6.07 Å². The molecule has 0 aliphatic carbocycles. The molecule has 0 aliphatic rings. The lowest BCUT2D eigenvalue weighted by Gasteiger charge is -2.00. The van der Waals surface area contributed by atoms with Gasteiger partial charge in [-0.25, -0.2) is 4.39 Å². The number of hydrogen-bond donors (Lipinski definition) is 1. The molecular weight excluding hydrogens is 231 g/mol. The van der Waals surface area contributed by atoms with E-state index in [1.165, 1.54) is 13.0 Å². The highest BCUT2D eigenvalue weighted by atomic mass is 19.1. The summed E-state index contributed by atoms with van der Waals surface area (Å²) in [5, 5.41) is 11.2. The molecule has 0 unspecified atom stereocenters. The first kappa shape index (κ1) is 13.9. The Morgan fingerprint density at radius 1 is 1.56 bits per heavy atom. The molecule has 1 aromatic carbocycles. The van der Waals surface area contributed by atoms with Crippen LogP contribution in [0.4, 0.5) is 4.39 Å². The fraction of sp³-hybridized carbons (Fsp3) is 0.286. The van der Waals surface area contributed by atoms with Gasteiger partial charge in [0.1, 0.15) is 5.82 Å². The summed E-state index contributed by atoms with van der Waals surface area (Å²) in [5.41, 5.74) is 1.26. The molecule has 0 atom stereocenters. The molecule has 0 radical (unpaired) electrons. The zero-order valence-corrected chi connectivity index (χ0v) is 10.2. The largest absolute Gasteiger partial charge is 0.356 e. The van der Waals surface area contributed by atoms with E-state index in [2.05, 4.69) is 5.32 Å². The molecule has 3 nitrogen and oxygen atoms in total. The minimum absolute atomic E-state index is 0.0781. The van der Waals surface area contributed by atoms with Gasteiger partial charge in [-0.05, 0) is 24.1 Å². The molecule has 1 amide bonds. The number of hydrogen-bond acceptors (Lipinski definition) is 2. The first-order valence-corrected chi connectivity index (χ1v) is 5.70. The molecule has 0 bridgehead atoms. The summed E-state index contributed by atoms with van der Waals surface area (Å²) in [6.07, 6.45) is 4.37. The fourth-order valence-corrected chi connectivity index (χ4v) is 1.46. The van der Waals surface area contributed by atoms with E-state index < -0.39 is 0 Å². The molecule has 0 spiro atoms. The smallest absolute Gasteiger partial charge is 0.216 e. The molecule has 1 N–H and O–H groups in total. The molecule has 0 heterocycles. The van der Waals surface area contributed by atoms with Crippen LogP contribution < -0.4 is 5.32 Å². The van der Waals surface area contributed by atoms with Crippen LogP contribution in [0.2, 0.25) is 0 Å². The molecular formula is C14H15FN2O. The van der Waals surface area contributed by atoms with Gasteiger partial charge in [0.15, 0.2) is 0 Å². The van der Waals surface area contributed by atoms with Gasteiger partial charge in [0.2, 0.25) is 5.91 Å². The topological polar surface area (TPSA) is 52.9 Å². The van der Waals surface area contributed by atoms with E-state index in [-0.39, 0.29) is 18.1 Å². The summed E-state index contributed by atoms with van der Waals surface area (Å²) in [7, 11) is 0. The van der Waals surface area contributed by atoms with Gasteiger partial charge in [-0.1, -0.05) is 18.2 Å². The van der Waals surface area contributed by atoms with Crippen LogP contribution in [-0.4, -0.2) is 12.5 Å². The Morgan fingerprint density at radius 3 is 3.00 bits per heavy atom. The number of benzene rings is 1. The van der Waals surface area contributed by atoms with E-state index in [1.807, 2.05) is 6.07 Å². The van der Waals surface area contributed by atoms with Crippen molar-refractivity contribution in [1.82, 2.24) is 5.32 Å². The Morgan fingerprint density at radius 2 is 2.33 bits per heavy atom. The SMILES string of the molecule is CC(=O)NCCC=Cc1cc(CC#N)ccc1F. The summed E-state index contributed by atoms with van der Waals surface area (Å²) in [6.45, 7) is 1.99. The fourth-order valence-electron chi connectivity index (χ4n) is 1.46. The maximum Gasteiger partial charge on any atom is 0.216 e. The third-order valence-electron chi connectivity index (χ3n) is 2.33. The summed E-state index contributed by atoms with van der Waals surface area (Å²) in [5.74, 6) is -0.391. The average Bonchev–Trinajstić information content (AvgIpc) is 2.32. The van der Waals surface area contributed by atoms with Gasteiger partial charge in [-0.15, -0.1) is 0 Å². The molecule has 0 aromatic heterocycles. The van der Waals surface area contributed by atoms with Crippen molar-refractivity contribution in [2.45, 2.75) is 19.8 Å². The Balaban J connectivity index is 2.60. The number of carbonyl (C=O) groups is 1. The first-order valence-electron chi connectivity index (χ1n) is 5.70. The van der Waals surface area contributed by atoms with Crippen molar-refractivity contribution >= 4 is 12.0 Å². The molecule has 94 valence electrons. The lowest BCUT2D eigenvalue weighted by Crippen LogP contribution is -2.20. The van der Waals surface area contributed by atoms with Crippen LogP contribution in [0.15, 0.2) is 24.3 Å². The Labute approximate surface area is 106 Å². The van der Waals surface area contributed by atoms with Gasteiger partial charge in [0.25, 0.3) is 0 Å². The zero-order chi connectivity index (χ0) is 13.4. The normalized spacial score (nSPS) is 10.3. The summed E-state index contributed by atoms with van der Waals surface area (Å²) in [4.78, 5) is 10.6. The lowest BCUT2D eigenvalue weighted by molar-refractivity contribution is -0.118. The number of nitrogens with zero attached hydrogens (tertiary/aromatic N) is 1. The van der Waals surface area contributed by atoms with Gasteiger partial charge in [-0.3, -0.25) is 4.79 Å². The Hall–Kier alpha value is -2.15. The summed E-state index contributed by atoms with van der Waals surface area (Å²) in [6, 6.07) is 6.65. The number of nitrogens with one attached hydrogen (secondary N) is 1.